The van der Waals surface area contributed by atoms with E-state index in [1.807, 2.05) is 0 Å². The van der Waals surface area contributed by atoms with Crippen molar-refractivity contribution in [2.75, 3.05) is 13.2 Å². The molecule has 7 heteroatoms. The van der Waals surface area contributed by atoms with Gasteiger partial charge in [-0.05, 0) is 31.0 Å². The van der Waals surface area contributed by atoms with Crippen LogP contribution in [0.4, 0.5) is 8.78 Å². The summed E-state index contributed by atoms with van der Waals surface area (Å²) in [4.78, 5) is 23.2. The number of hydrogen-bond acceptors (Lipinski definition) is 3. The first-order chi connectivity index (χ1) is 10.5. The Morgan fingerprint density at radius 3 is 2.82 bits per heavy atom. The molecule has 1 aliphatic heterocycles. The molecule has 1 saturated heterocycles. The lowest BCUT2D eigenvalue weighted by molar-refractivity contribution is -0.145. The van der Waals surface area contributed by atoms with Crippen molar-refractivity contribution in [2.24, 2.45) is 5.92 Å². The Morgan fingerprint density at radius 2 is 2.18 bits per heavy atom. The smallest absolute Gasteiger partial charge is 0.326 e. The maximum atomic E-state index is 13.5. The Hall–Kier alpha value is -2.02. The van der Waals surface area contributed by atoms with E-state index < -0.39 is 36.0 Å². The number of rotatable bonds is 5. The number of halogens is 2. The van der Waals surface area contributed by atoms with Gasteiger partial charge in [0.2, 0.25) is 5.91 Å². The average Bonchev–Trinajstić information content (AvgIpc) is 2.49. The van der Waals surface area contributed by atoms with Crippen LogP contribution in [0.25, 0.3) is 0 Å². The molecule has 0 bridgehead atoms. The number of carboxylic acid groups (broad SMARTS) is 1. The molecule has 1 fully saturated rings. The second kappa shape index (κ2) is 7.31. The molecule has 2 rings (SSSR count). The first-order valence-corrected chi connectivity index (χ1v) is 7.01. The van der Waals surface area contributed by atoms with E-state index in [2.05, 4.69) is 5.32 Å². The number of hydrogen-bond donors (Lipinski definition) is 2. The molecular formula is C15H17F2NO4. The summed E-state index contributed by atoms with van der Waals surface area (Å²) in [6, 6.07) is 1.72. The van der Waals surface area contributed by atoms with E-state index in [1.165, 1.54) is 0 Å². The molecule has 1 aromatic rings. The van der Waals surface area contributed by atoms with Gasteiger partial charge in [-0.3, -0.25) is 4.79 Å². The average molecular weight is 313 g/mol. The molecule has 2 atom stereocenters. The highest BCUT2D eigenvalue weighted by molar-refractivity contribution is 5.85. The molecule has 5 nitrogen and oxygen atoms in total. The van der Waals surface area contributed by atoms with Gasteiger partial charge in [0.25, 0.3) is 0 Å². The van der Waals surface area contributed by atoms with E-state index in [1.54, 1.807) is 0 Å². The number of amides is 1. The largest absolute Gasteiger partial charge is 0.480 e. The second-order valence-electron chi connectivity index (χ2n) is 5.27. The van der Waals surface area contributed by atoms with Crippen LogP contribution >= 0.6 is 0 Å². The molecule has 0 radical (unpaired) electrons. The summed E-state index contributed by atoms with van der Waals surface area (Å²) < 4.78 is 31.8. The zero-order chi connectivity index (χ0) is 16.1. The number of carbonyl (C=O) groups is 2. The fourth-order valence-electron chi connectivity index (χ4n) is 2.49. The lowest BCUT2D eigenvalue weighted by Gasteiger charge is -2.28. The molecule has 1 aliphatic rings. The van der Waals surface area contributed by atoms with Gasteiger partial charge in [-0.25, -0.2) is 13.6 Å². The van der Waals surface area contributed by atoms with Crippen LogP contribution in [-0.4, -0.2) is 36.2 Å². The van der Waals surface area contributed by atoms with Gasteiger partial charge < -0.3 is 15.2 Å². The summed E-state index contributed by atoms with van der Waals surface area (Å²) in [6.07, 6.45) is 0.940. The monoisotopic (exact) mass is 313 g/mol. The minimum atomic E-state index is -1.16. The van der Waals surface area contributed by atoms with Gasteiger partial charge >= 0.3 is 5.97 Å². The summed E-state index contributed by atoms with van der Waals surface area (Å²) in [5.41, 5.74) is -0.110. The topological polar surface area (TPSA) is 75.6 Å². The molecular weight excluding hydrogens is 296 g/mol. The Bertz CT molecular complexity index is 558. The van der Waals surface area contributed by atoms with Crippen LogP contribution in [0.2, 0.25) is 0 Å². The zero-order valence-corrected chi connectivity index (χ0v) is 11.9. The van der Waals surface area contributed by atoms with E-state index in [0.717, 1.165) is 24.6 Å². The molecule has 120 valence electrons. The SMILES string of the molecule is O=C(Cc1cc(F)ccc1F)NC(C(=O)O)C1CCCOC1. The van der Waals surface area contributed by atoms with Gasteiger partial charge in [0.05, 0.1) is 13.0 Å². The Kier molecular flexibility index (Phi) is 5.43. The number of nitrogens with one attached hydrogen (secondary N) is 1. The van der Waals surface area contributed by atoms with Gasteiger partial charge in [0, 0.05) is 18.1 Å². The summed E-state index contributed by atoms with van der Waals surface area (Å²) in [5.74, 6) is -3.51. The third kappa shape index (κ3) is 4.24. The van der Waals surface area contributed by atoms with Gasteiger partial charge in [0.15, 0.2) is 0 Å². The minimum absolute atomic E-state index is 0.110. The lowest BCUT2D eigenvalue weighted by Crippen LogP contribution is -2.48. The Morgan fingerprint density at radius 1 is 1.41 bits per heavy atom. The quantitative estimate of drug-likeness (QED) is 0.864. The van der Waals surface area contributed by atoms with Gasteiger partial charge in [0.1, 0.15) is 17.7 Å². The van der Waals surface area contributed by atoms with E-state index in [9.17, 15) is 23.5 Å². The molecule has 1 heterocycles. The van der Waals surface area contributed by atoms with Crippen molar-refractivity contribution < 1.29 is 28.2 Å². The van der Waals surface area contributed by atoms with Gasteiger partial charge in [-0.15, -0.1) is 0 Å². The standard InChI is InChI=1S/C15H17F2NO4/c16-11-3-4-12(17)10(6-11)7-13(19)18-14(15(20)21)9-2-1-5-22-8-9/h3-4,6,9,14H,1-2,5,7-8H2,(H,18,19)(H,20,21). The highest BCUT2D eigenvalue weighted by Crippen LogP contribution is 2.18. The van der Waals surface area contributed by atoms with Crippen LogP contribution in [0, 0.1) is 17.6 Å². The summed E-state index contributed by atoms with van der Waals surface area (Å²) in [5, 5.41) is 11.6. The predicted octanol–water partition coefficient (Wildman–Crippen LogP) is 1.50. The highest BCUT2D eigenvalue weighted by Gasteiger charge is 2.31. The molecule has 2 N–H and O–H groups in total. The number of carbonyl (C=O) groups excluding carboxylic acids is 1. The van der Waals surface area contributed by atoms with E-state index in [0.29, 0.717) is 13.0 Å². The van der Waals surface area contributed by atoms with Crippen molar-refractivity contribution in [3.63, 3.8) is 0 Å². The molecule has 1 amide bonds. The molecule has 0 aliphatic carbocycles. The van der Waals surface area contributed by atoms with Crippen molar-refractivity contribution >= 4 is 11.9 Å². The van der Waals surface area contributed by atoms with Crippen LogP contribution in [0.1, 0.15) is 18.4 Å². The molecule has 0 spiro atoms. The molecule has 0 saturated carbocycles. The van der Waals surface area contributed by atoms with Crippen molar-refractivity contribution in [1.29, 1.82) is 0 Å². The molecule has 0 aromatic heterocycles. The van der Waals surface area contributed by atoms with E-state index >= 15 is 0 Å². The first-order valence-electron chi connectivity index (χ1n) is 7.01. The van der Waals surface area contributed by atoms with Crippen molar-refractivity contribution in [3.8, 4) is 0 Å². The van der Waals surface area contributed by atoms with Crippen LogP contribution in [0.5, 0.6) is 0 Å². The third-order valence-electron chi connectivity index (χ3n) is 3.61. The number of carboxylic acids is 1. The van der Waals surface area contributed by atoms with Crippen LogP contribution < -0.4 is 5.32 Å². The number of ether oxygens (including phenoxy) is 1. The number of aliphatic carboxylic acids is 1. The zero-order valence-electron chi connectivity index (χ0n) is 11.9. The van der Waals surface area contributed by atoms with Crippen molar-refractivity contribution in [3.05, 3.63) is 35.4 Å². The normalized spacial score (nSPS) is 19.5. The Labute approximate surface area is 126 Å². The molecule has 1 aromatic carbocycles. The van der Waals surface area contributed by atoms with Crippen LogP contribution in [0.15, 0.2) is 18.2 Å². The fourth-order valence-corrected chi connectivity index (χ4v) is 2.49. The van der Waals surface area contributed by atoms with E-state index in [4.69, 9.17) is 4.74 Å². The summed E-state index contributed by atoms with van der Waals surface area (Å²) in [7, 11) is 0. The van der Waals surface area contributed by atoms with Crippen molar-refractivity contribution in [1.82, 2.24) is 5.32 Å². The predicted molar refractivity (Wildman–Crippen MR) is 73.2 cm³/mol. The van der Waals surface area contributed by atoms with Crippen molar-refractivity contribution in [2.45, 2.75) is 25.3 Å². The first kappa shape index (κ1) is 16.4. The summed E-state index contributed by atoms with van der Waals surface area (Å²) >= 11 is 0. The summed E-state index contributed by atoms with van der Waals surface area (Å²) in [6.45, 7) is 0.830. The molecule has 22 heavy (non-hydrogen) atoms. The fraction of sp³-hybridized carbons (Fsp3) is 0.467. The molecule has 2 unspecified atom stereocenters. The third-order valence-corrected chi connectivity index (χ3v) is 3.61. The highest BCUT2D eigenvalue weighted by atomic mass is 19.1. The number of benzene rings is 1. The van der Waals surface area contributed by atoms with Crippen LogP contribution in [-0.2, 0) is 20.7 Å². The van der Waals surface area contributed by atoms with Crippen LogP contribution in [0.3, 0.4) is 0 Å². The lowest BCUT2D eigenvalue weighted by atomic mass is 9.93. The van der Waals surface area contributed by atoms with Gasteiger partial charge in [-0.1, -0.05) is 0 Å². The Balaban J connectivity index is 2.01. The van der Waals surface area contributed by atoms with Gasteiger partial charge in [-0.2, -0.15) is 0 Å². The second-order valence-corrected chi connectivity index (χ2v) is 5.27. The minimum Gasteiger partial charge on any atom is -0.480 e. The van der Waals surface area contributed by atoms with E-state index in [-0.39, 0.29) is 18.1 Å². The maximum absolute atomic E-state index is 13.5. The maximum Gasteiger partial charge on any atom is 0.326 e.